The van der Waals surface area contributed by atoms with Crippen LogP contribution in [0.5, 0.6) is 0 Å². The Morgan fingerprint density at radius 1 is 1.39 bits per heavy atom. The molecule has 0 saturated carbocycles. The summed E-state index contributed by atoms with van der Waals surface area (Å²) in [4.78, 5) is 11.8. The zero-order valence-electron chi connectivity index (χ0n) is 9.39. The van der Waals surface area contributed by atoms with Crippen molar-refractivity contribution in [3.05, 3.63) is 40.7 Å². The second kappa shape index (κ2) is 5.65. The molecule has 0 fully saturated rings. The van der Waals surface area contributed by atoms with Crippen LogP contribution < -0.4 is 11.1 Å². The maximum atomic E-state index is 13.4. The van der Waals surface area contributed by atoms with E-state index >= 15 is 0 Å². The number of benzene rings is 1. The van der Waals surface area contributed by atoms with Gasteiger partial charge >= 0.3 is 0 Å². The van der Waals surface area contributed by atoms with Gasteiger partial charge in [0.25, 0.3) is 5.91 Å². The van der Waals surface area contributed by atoms with Crippen molar-refractivity contribution in [2.75, 3.05) is 11.9 Å². The van der Waals surface area contributed by atoms with Crippen molar-refractivity contribution in [3.8, 4) is 0 Å². The van der Waals surface area contributed by atoms with Gasteiger partial charge in [0.1, 0.15) is 10.8 Å². The molecular formula is C11H11FN4OS. The van der Waals surface area contributed by atoms with Crippen LogP contribution in [0.2, 0.25) is 0 Å². The number of rotatable bonds is 4. The maximum absolute atomic E-state index is 13.4. The highest BCUT2D eigenvalue weighted by molar-refractivity contribution is 7.15. The first-order chi connectivity index (χ1) is 8.70. The number of hydrogen-bond donors (Lipinski definition) is 2. The minimum atomic E-state index is -0.568. The molecule has 1 aromatic carbocycles. The third kappa shape index (κ3) is 2.88. The number of aromatic nitrogens is 2. The zero-order valence-corrected chi connectivity index (χ0v) is 10.2. The first-order valence-corrected chi connectivity index (χ1v) is 6.10. The van der Waals surface area contributed by atoms with E-state index in [1.165, 1.54) is 29.5 Å². The van der Waals surface area contributed by atoms with Crippen molar-refractivity contribution in [2.24, 2.45) is 5.73 Å². The van der Waals surface area contributed by atoms with Crippen molar-refractivity contribution in [2.45, 2.75) is 6.42 Å². The lowest BCUT2D eigenvalue weighted by molar-refractivity contribution is 0.102. The lowest BCUT2D eigenvalue weighted by Crippen LogP contribution is -2.13. The molecule has 3 N–H and O–H groups in total. The predicted octanol–water partition coefficient (Wildman–Crippen LogP) is 1.43. The molecule has 1 heterocycles. The van der Waals surface area contributed by atoms with E-state index in [4.69, 9.17) is 5.73 Å². The molecule has 2 rings (SSSR count). The summed E-state index contributed by atoms with van der Waals surface area (Å²) in [5.74, 6) is -1.11. The number of nitrogens with one attached hydrogen (secondary N) is 1. The number of anilines is 1. The minimum absolute atomic E-state index is 0.0203. The molecule has 0 unspecified atom stereocenters. The van der Waals surface area contributed by atoms with Crippen LogP contribution in [-0.4, -0.2) is 22.6 Å². The van der Waals surface area contributed by atoms with E-state index in [0.717, 1.165) is 5.01 Å². The molecule has 94 valence electrons. The summed E-state index contributed by atoms with van der Waals surface area (Å²) in [6, 6.07) is 5.76. The second-order valence-electron chi connectivity index (χ2n) is 3.47. The maximum Gasteiger partial charge on any atom is 0.260 e. The third-order valence-electron chi connectivity index (χ3n) is 2.16. The van der Waals surface area contributed by atoms with Crippen LogP contribution >= 0.6 is 11.3 Å². The van der Waals surface area contributed by atoms with Gasteiger partial charge in [-0.05, 0) is 18.7 Å². The first kappa shape index (κ1) is 12.6. The quantitative estimate of drug-likeness (QED) is 0.877. The monoisotopic (exact) mass is 266 g/mol. The van der Waals surface area contributed by atoms with Crippen molar-refractivity contribution < 1.29 is 9.18 Å². The molecule has 5 nitrogen and oxygen atoms in total. The molecule has 0 spiro atoms. The van der Waals surface area contributed by atoms with E-state index in [0.29, 0.717) is 18.1 Å². The minimum Gasteiger partial charge on any atom is -0.330 e. The summed E-state index contributed by atoms with van der Waals surface area (Å²) in [5.41, 5.74) is 5.36. The Hall–Kier alpha value is -1.86. The molecule has 7 heteroatoms. The first-order valence-electron chi connectivity index (χ1n) is 5.29. The number of carbonyl (C=O) groups excluding carboxylic acids is 1. The van der Waals surface area contributed by atoms with E-state index in [2.05, 4.69) is 15.5 Å². The number of carbonyl (C=O) groups is 1. The van der Waals surface area contributed by atoms with Crippen LogP contribution in [-0.2, 0) is 6.42 Å². The Morgan fingerprint density at radius 2 is 2.17 bits per heavy atom. The van der Waals surface area contributed by atoms with E-state index in [9.17, 15) is 9.18 Å². The molecule has 0 bridgehead atoms. The average molecular weight is 266 g/mol. The van der Waals surface area contributed by atoms with Crippen LogP contribution in [0.4, 0.5) is 9.52 Å². The Bertz CT molecular complexity index is 557. The fourth-order valence-corrected chi connectivity index (χ4v) is 2.09. The van der Waals surface area contributed by atoms with Gasteiger partial charge < -0.3 is 5.73 Å². The van der Waals surface area contributed by atoms with Crippen molar-refractivity contribution >= 4 is 22.4 Å². The largest absolute Gasteiger partial charge is 0.330 e. The molecule has 0 atom stereocenters. The zero-order chi connectivity index (χ0) is 13.0. The van der Waals surface area contributed by atoms with Gasteiger partial charge in [0, 0.05) is 6.42 Å². The molecule has 18 heavy (non-hydrogen) atoms. The third-order valence-corrected chi connectivity index (χ3v) is 3.06. The van der Waals surface area contributed by atoms with Crippen LogP contribution in [0.25, 0.3) is 0 Å². The van der Waals surface area contributed by atoms with Crippen molar-refractivity contribution in [3.63, 3.8) is 0 Å². The Kier molecular flexibility index (Phi) is 3.96. The summed E-state index contributed by atoms with van der Waals surface area (Å²) < 4.78 is 13.4. The number of amides is 1. The summed E-state index contributed by atoms with van der Waals surface area (Å²) >= 11 is 1.23. The van der Waals surface area contributed by atoms with E-state index in [1.54, 1.807) is 6.07 Å². The van der Waals surface area contributed by atoms with Crippen LogP contribution in [0.15, 0.2) is 24.3 Å². The molecular weight excluding hydrogens is 255 g/mol. The van der Waals surface area contributed by atoms with Crippen LogP contribution in [0.3, 0.4) is 0 Å². The Labute approximate surface area is 107 Å². The number of halogens is 1. The highest BCUT2D eigenvalue weighted by Crippen LogP contribution is 2.17. The van der Waals surface area contributed by atoms with Gasteiger partial charge in [0.05, 0.1) is 5.56 Å². The molecule has 0 aliphatic heterocycles. The SMILES string of the molecule is NCCc1nnc(NC(=O)c2ccccc2F)s1. The fraction of sp³-hybridized carbons (Fsp3) is 0.182. The predicted molar refractivity (Wildman–Crippen MR) is 67.0 cm³/mol. The van der Waals surface area contributed by atoms with Gasteiger partial charge in [0.2, 0.25) is 5.13 Å². The number of nitrogens with two attached hydrogens (primary N) is 1. The molecule has 0 saturated heterocycles. The molecule has 2 aromatic rings. The molecule has 0 aliphatic rings. The topological polar surface area (TPSA) is 80.9 Å². The molecule has 1 aromatic heterocycles. The summed E-state index contributed by atoms with van der Waals surface area (Å²) in [7, 11) is 0. The normalized spacial score (nSPS) is 10.3. The standard InChI is InChI=1S/C11H11FN4OS/c12-8-4-2-1-3-7(8)10(17)14-11-16-15-9(18-11)5-6-13/h1-4H,5-6,13H2,(H,14,16,17). The smallest absolute Gasteiger partial charge is 0.260 e. The number of hydrogen-bond acceptors (Lipinski definition) is 5. The second-order valence-corrected chi connectivity index (χ2v) is 4.54. The van der Waals surface area contributed by atoms with E-state index in [-0.39, 0.29) is 5.56 Å². The molecule has 0 aliphatic carbocycles. The molecule has 1 amide bonds. The number of nitrogens with zero attached hydrogens (tertiary/aromatic N) is 2. The van der Waals surface area contributed by atoms with Crippen molar-refractivity contribution in [1.82, 2.24) is 10.2 Å². The molecule has 0 radical (unpaired) electrons. The summed E-state index contributed by atoms with van der Waals surface area (Å²) in [6.07, 6.45) is 0.604. The Balaban J connectivity index is 2.09. The van der Waals surface area contributed by atoms with Gasteiger partial charge in [-0.15, -0.1) is 10.2 Å². The highest BCUT2D eigenvalue weighted by Gasteiger charge is 2.13. The van der Waals surface area contributed by atoms with Gasteiger partial charge in [-0.3, -0.25) is 10.1 Å². The highest BCUT2D eigenvalue weighted by atomic mass is 32.1. The van der Waals surface area contributed by atoms with Gasteiger partial charge in [-0.1, -0.05) is 23.5 Å². The van der Waals surface area contributed by atoms with Crippen LogP contribution in [0, 0.1) is 5.82 Å². The average Bonchev–Trinajstić information content (AvgIpc) is 2.77. The van der Waals surface area contributed by atoms with Gasteiger partial charge in [-0.25, -0.2) is 4.39 Å². The van der Waals surface area contributed by atoms with Gasteiger partial charge in [-0.2, -0.15) is 0 Å². The Morgan fingerprint density at radius 3 is 2.89 bits per heavy atom. The summed E-state index contributed by atoms with van der Waals surface area (Å²) in [5, 5.41) is 11.2. The lowest BCUT2D eigenvalue weighted by atomic mass is 10.2. The van der Waals surface area contributed by atoms with E-state index in [1.807, 2.05) is 0 Å². The van der Waals surface area contributed by atoms with Crippen LogP contribution in [0.1, 0.15) is 15.4 Å². The summed E-state index contributed by atoms with van der Waals surface area (Å²) in [6.45, 7) is 0.468. The lowest BCUT2D eigenvalue weighted by Gasteiger charge is -2.01. The van der Waals surface area contributed by atoms with E-state index < -0.39 is 11.7 Å². The van der Waals surface area contributed by atoms with Crippen molar-refractivity contribution in [1.29, 1.82) is 0 Å². The fourth-order valence-electron chi connectivity index (χ4n) is 1.34. The van der Waals surface area contributed by atoms with Gasteiger partial charge in [0.15, 0.2) is 0 Å².